The van der Waals surface area contributed by atoms with E-state index in [0.29, 0.717) is 19.6 Å². The van der Waals surface area contributed by atoms with Gasteiger partial charge < -0.3 is 10.0 Å². The van der Waals surface area contributed by atoms with E-state index in [4.69, 9.17) is 0 Å². The van der Waals surface area contributed by atoms with Crippen molar-refractivity contribution in [1.82, 2.24) is 24.1 Å². The summed E-state index contributed by atoms with van der Waals surface area (Å²) in [4.78, 5) is 16.4. The molecule has 22 heavy (non-hydrogen) atoms. The number of nitrogens with zero attached hydrogens (tertiary/aromatic N) is 5. The number of aryl methyl sites for hydroxylation is 1. The highest BCUT2D eigenvalue weighted by molar-refractivity contribution is 4.92. The van der Waals surface area contributed by atoms with Gasteiger partial charge in [-0.2, -0.15) is 5.10 Å². The fourth-order valence-electron chi connectivity index (χ4n) is 3.47. The third kappa shape index (κ3) is 3.42. The molecule has 1 N–H and O–H groups in total. The number of aliphatic hydroxyl groups is 1. The van der Waals surface area contributed by atoms with Gasteiger partial charge in [-0.1, -0.05) is 6.92 Å². The first-order valence-electron chi connectivity index (χ1n) is 8.28. The Kier molecular flexibility index (Phi) is 4.65. The number of likely N-dealkylation sites (tertiary alicyclic amines) is 1. The topological polar surface area (TPSA) is 66.5 Å². The van der Waals surface area contributed by atoms with Gasteiger partial charge in [0.15, 0.2) is 0 Å². The lowest BCUT2D eigenvalue weighted by atomic mass is 9.99. The van der Waals surface area contributed by atoms with Crippen molar-refractivity contribution >= 4 is 0 Å². The summed E-state index contributed by atoms with van der Waals surface area (Å²) in [5.41, 5.74) is -0.0439. The van der Waals surface area contributed by atoms with E-state index in [9.17, 15) is 9.90 Å². The second-order valence-electron chi connectivity index (χ2n) is 6.85. The highest BCUT2D eigenvalue weighted by Crippen LogP contribution is 2.16. The highest BCUT2D eigenvalue weighted by Gasteiger charge is 2.24. The Labute approximate surface area is 131 Å². The Hall–Kier alpha value is -1.18. The molecule has 0 radical (unpaired) electrons. The minimum absolute atomic E-state index is 0.0439. The molecule has 0 saturated carbocycles. The standard InChI is InChI=1S/C15H27N5O2/c1-12-3-5-18(6-4-12)9-13(21)10-19-7-8-20-14(11-19)16-17(2)15(20)22/h12-13,21H,3-11H2,1-2H3. The minimum Gasteiger partial charge on any atom is -0.390 e. The first kappa shape index (κ1) is 15.7. The predicted octanol–water partition coefficient (Wildman–Crippen LogP) is -0.510. The lowest BCUT2D eigenvalue weighted by molar-refractivity contribution is 0.0529. The van der Waals surface area contributed by atoms with E-state index in [1.54, 1.807) is 11.6 Å². The van der Waals surface area contributed by atoms with Gasteiger partial charge in [-0.3, -0.25) is 9.47 Å². The van der Waals surface area contributed by atoms with E-state index < -0.39 is 0 Å². The van der Waals surface area contributed by atoms with Crippen molar-refractivity contribution in [3.05, 3.63) is 16.3 Å². The molecular weight excluding hydrogens is 282 g/mol. The molecule has 0 aromatic carbocycles. The Bertz CT molecular complexity index is 559. The van der Waals surface area contributed by atoms with Crippen molar-refractivity contribution in [2.45, 2.75) is 39.0 Å². The van der Waals surface area contributed by atoms with Crippen molar-refractivity contribution in [1.29, 1.82) is 0 Å². The molecule has 7 heteroatoms. The molecule has 0 amide bonds. The van der Waals surface area contributed by atoms with Crippen LogP contribution in [0.4, 0.5) is 0 Å². The summed E-state index contributed by atoms with van der Waals surface area (Å²) in [5, 5.41) is 14.6. The van der Waals surface area contributed by atoms with Crippen LogP contribution in [0.15, 0.2) is 4.79 Å². The van der Waals surface area contributed by atoms with Crippen LogP contribution in [0.5, 0.6) is 0 Å². The minimum atomic E-state index is -0.338. The second-order valence-corrected chi connectivity index (χ2v) is 6.85. The van der Waals surface area contributed by atoms with E-state index in [0.717, 1.165) is 37.9 Å². The summed E-state index contributed by atoms with van der Waals surface area (Å²) < 4.78 is 3.12. The molecule has 1 atom stereocenters. The SMILES string of the molecule is CC1CCN(CC(O)CN2CCn3c(nn(C)c3=O)C2)CC1. The highest BCUT2D eigenvalue weighted by atomic mass is 16.3. The van der Waals surface area contributed by atoms with E-state index in [-0.39, 0.29) is 11.8 Å². The zero-order valence-electron chi connectivity index (χ0n) is 13.6. The van der Waals surface area contributed by atoms with Crippen molar-refractivity contribution in [3.8, 4) is 0 Å². The van der Waals surface area contributed by atoms with E-state index >= 15 is 0 Å². The van der Waals surface area contributed by atoms with Gasteiger partial charge in [-0.15, -0.1) is 0 Å². The summed E-state index contributed by atoms with van der Waals surface area (Å²) in [6, 6.07) is 0. The fourth-order valence-corrected chi connectivity index (χ4v) is 3.47. The van der Waals surface area contributed by atoms with Crippen molar-refractivity contribution in [2.75, 3.05) is 32.7 Å². The summed E-state index contributed by atoms with van der Waals surface area (Å²) in [6.45, 7) is 7.99. The van der Waals surface area contributed by atoms with E-state index in [1.165, 1.54) is 17.5 Å². The molecule has 3 heterocycles. The van der Waals surface area contributed by atoms with Gasteiger partial charge >= 0.3 is 5.69 Å². The summed E-state index contributed by atoms with van der Waals surface area (Å²) in [7, 11) is 1.68. The number of aromatic nitrogens is 3. The van der Waals surface area contributed by atoms with Gasteiger partial charge in [0, 0.05) is 33.2 Å². The predicted molar refractivity (Wildman–Crippen MR) is 83.6 cm³/mol. The van der Waals surface area contributed by atoms with Crippen LogP contribution in [0.2, 0.25) is 0 Å². The molecular formula is C15H27N5O2. The van der Waals surface area contributed by atoms with Crippen molar-refractivity contribution in [3.63, 3.8) is 0 Å². The average Bonchev–Trinajstić information content (AvgIpc) is 2.76. The third-order valence-electron chi connectivity index (χ3n) is 4.90. The van der Waals surface area contributed by atoms with Gasteiger partial charge in [0.05, 0.1) is 12.6 Å². The Morgan fingerprint density at radius 1 is 1.18 bits per heavy atom. The fraction of sp³-hybridized carbons (Fsp3) is 0.867. The van der Waals surface area contributed by atoms with E-state index in [1.807, 2.05) is 0 Å². The lowest BCUT2D eigenvalue weighted by Crippen LogP contribution is -2.45. The normalized spacial score (nSPS) is 22.7. The molecule has 2 aliphatic rings. The first-order chi connectivity index (χ1) is 10.5. The maximum absolute atomic E-state index is 11.8. The molecule has 3 rings (SSSR count). The smallest absolute Gasteiger partial charge is 0.345 e. The molecule has 0 aliphatic carbocycles. The Balaban J connectivity index is 1.50. The number of piperidine rings is 1. The van der Waals surface area contributed by atoms with Crippen LogP contribution in [0, 0.1) is 5.92 Å². The van der Waals surface area contributed by atoms with Crippen LogP contribution in [0.25, 0.3) is 0 Å². The van der Waals surface area contributed by atoms with Crippen LogP contribution in [-0.2, 0) is 20.1 Å². The summed E-state index contributed by atoms with van der Waals surface area (Å²) >= 11 is 0. The quantitative estimate of drug-likeness (QED) is 0.811. The summed E-state index contributed by atoms with van der Waals surface area (Å²) in [6.07, 6.45) is 2.13. The largest absolute Gasteiger partial charge is 0.390 e. The van der Waals surface area contributed by atoms with E-state index in [2.05, 4.69) is 21.8 Å². The average molecular weight is 309 g/mol. The second kappa shape index (κ2) is 6.52. The summed E-state index contributed by atoms with van der Waals surface area (Å²) in [5.74, 6) is 1.62. The molecule has 1 aromatic rings. The number of hydrogen-bond acceptors (Lipinski definition) is 5. The number of hydrogen-bond donors (Lipinski definition) is 1. The maximum Gasteiger partial charge on any atom is 0.345 e. The van der Waals surface area contributed by atoms with Crippen LogP contribution < -0.4 is 5.69 Å². The molecule has 1 unspecified atom stereocenters. The van der Waals surface area contributed by atoms with Gasteiger partial charge in [-0.05, 0) is 31.8 Å². The maximum atomic E-state index is 11.8. The van der Waals surface area contributed by atoms with Gasteiger partial charge in [-0.25, -0.2) is 9.48 Å². The van der Waals surface area contributed by atoms with Crippen LogP contribution in [0.3, 0.4) is 0 Å². The van der Waals surface area contributed by atoms with Gasteiger partial charge in [0.2, 0.25) is 0 Å². The Morgan fingerprint density at radius 2 is 1.86 bits per heavy atom. The van der Waals surface area contributed by atoms with Crippen LogP contribution >= 0.6 is 0 Å². The molecule has 1 aromatic heterocycles. The van der Waals surface area contributed by atoms with Crippen molar-refractivity contribution in [2.24, 2.45) is 13.0 Å². The molecule has 0 spiro atoms. The zero-order valence-corrected chi connectivity index (χ0v) is 13.6. The monoisotopic (exact) mass is 309 g/mol. The van der Waals surface area contributed by atoms with Gasteiger partial charge in [0.1, 0.15) is 5.82 Å². The first-order valence-corrected chi connectivity index (χ1v) is 8.28. The number of fused-ring (bicyclic) bond motifs is 1. The number of rotatable bonds is 4. The van der Waals surface area contributed by atoms with Crippen molar-refractivity contribution < 1.29 is 5.11 Å². The number of β-amino-alcohol motifs (C(OH)–C–C–N with tert-alkyl or cyclic N) is 1. The molecule has 1 saturated heterocycles. The molecule has 1 fully saturated rings. The lowest BCUT2D eigenvalue weighted by Gasteiger charge is -2.34. The third-order valence-corrected chi connectivity index (χ3v) is 4.90. The zero-order chi connectivity index (χ0) is 15.7. The molecule has 0 bridgehead atoms. The van der Waals surface area contributed by atoms with Gasteiger partial charge in [0.25, 0.3) is 0 Å². The number of aliphatic hydroxyl groups excluding tert-OH is 1. The van der Waals surface area contributed by atoms with Crippen LogP contribution in [-0.4, -0.2) is 68.1 Å². The molecule has 124 valence electrons. The molecule has 7 nitrogen and oxygen atoms in total. The molecule has 2 aliphatic heterocycles. The van der Waals surface area contributed by atoms with Crippen LogP contribution in [0.1, 0.15) is 25.6 Å². The Morgan fingerprint density at radius 3 is 2.59 bits per heavy atom.